The van der Waals surface area contributed by atoms with Gasteiger partial charge in [-0.05, 0) is 30.7 Å². The molecule has 0 spiro atoms. The molecule has 0 aliphatic carbocycles. The molecule has 5 aromatic rings. The van der Waals surface area contributed by atoms with E-state index < -0.39 is 0 Å². The molecule has 29 heavy (non-hydrogen) atoms. The van der Waals surface area contributed by atoms with Gasteiger partial charge in [0.25, 0.3) is 5.91 Å². The van der Waals surface area contributed by atoms with Crippen LogP contribution in [0, 0.1) is 6.92 Å². The van der Waals surface area contributed by atoms with Crippen molar-refractivity contribution in [1.29, 1.82) is 0 Å². The van der Waals surface area contributed by atoms with E-state index in [1.165, 1.54) is 5.56 Å². The number of nitrogens with one attached hydrogen (secondary N) is 1. The zero-order valence-corrected chi connectivity index (χ0v) is 16.7. The Morgan fingerprint density at radius 1 is 1.03 bits per heavy atom. The lowest BCUT2D eigenvalue weighted by atomic mass is 10.1. The van der Waals surface area contributed by atoms with Crippen LogP contribution in [0.15, 0.2) is 79.0 Å². The molecule has 5 rings (SSSR count). The van der Waals surface area contributed by atoms with Gasteiger partial charge in [-0.2, -0.15) is 0 Å². The molecule has 0 fully saturated rings. The lowest BCUT2D eigenvalue weighted by molar-refractivity contribution is 0.0951. The van der Waals surface area contributed by atoms with Crippen LogP contribution < -0.4 is 5.32 Å². The number of hydrogen-bond donors (Lipinski definition) is 1. The van der Waals surface area contributed by atoms with Crippen molar-refractivity contribution in [2.75, 3.05) is 0 Å². The molecule has 4 nitrogen and oxygen atoms in total. The second-order valence-electron chi connectivity index (χ2n) is 7.10. The maximum Gasteiger partial charge on any atom is 0.251 e. The van der Waals surface area contributed by atoms with Crippen LogP contribution in [0.4, 0.5) is 0 Å². The third kappa shape index (κ3) is 3.41. The molecular weight excluding hydrogens is 378 g/mol. The highest BCUT2D eigenvalue weighted by Gasteiger charge is 2.13. The quantitative estimate of drug-likeness (QED) is 0.438. The van der Waals surface area contributed by atoms with Crippen LogP contribution in [0.25, 0.3) is 26.4 Å². The number of imidazole rings is 1. The third-order valence-electron chi connectivity index (χ3n) is 5.00. The Morgan fingerprint density at radius 2 is 1.83 bits per heavy atom. The number of aryl methyl sites for hydroxylation is 1. The molecule has 5 heteroatoms. The largest absolute Gasteiger partial charge is 0.348 e. The monoisotopic (exact) mass is 397 g/mol. The van der Waals surface area contributed by atoms with Gasteiger partial charge in [-0.1, -0.05) is 71.5 Å². The fourth-order valence-corrected chi connectivity index (χ4v) is 4.43. The van der Waals surface area contributed by atoms with Crippen LogP contribution in [-0.2, 0) is 6.54 Å². The first-order valence-corrected chi connectivity index (χ1v) is 10.3. The second kappa shape index (κ2) is 7.18. The third-order valence-corrected chi connectivity index (χ3v) is 6.02. The summed E-state index contributed by atoms with van der Waals surface area (Å²) < 4.78 is 3.15. The average Bonchev–Trinajstić information content (AvgIpc) is 3.31. The van der Waals surface area contributed by atoms with Crippen molar-refractivity contribution in [3.63, 3.8) is 0 Å². The zero-order valence-electron chi connectivity index (χ0n) is 15.9. The summed E-state index contributed by atoms with van der Waals surface area (Å²) in [6, 6.07) is 24.1. The van der Waals surface area contributed by atoms with Gasteiger partial charge < -0.3 is 5.32 Å². The van der Waals surface area contributed by atoms with E-state index in [-0.39, 0.29) is 5.91 Å². The summed E-state index contributed by atoms with van der Waals surface area (Å²) in [4.78, 5) is 18.3. The van der Waals surface area contributed by atoms with E-state index in [4.69, 9.17) is 4.98 Å². The van der Waals surface area contributed by atoms with Gasteiger partial charge in [0.1, 0.15) is 0 Å². The van der Waals surface area contributed by atoms with E-state index in [9.17, 15) is 4.79 Å². The van der Waals surface area contributed by atoms with E-state index in [0.717, 1.165) is 32.0 Å². The van der Waals surface area contributed by atoms with E-state index >= 15 is 0 Å². The second-order valence-corrected chi connectivity index (χ2v) is 8.11. The van der Waals surface area contributed by atoms with Crippen LogP contribution in [0.5, 0.6) is 0 Å². The summed E-state index contributed by atoms with van der Waals surface area (Å²) in [6.07, 6.45) is 2.06. The SMILES string of the molecule is Cc1ccc(-c2cn3c(n2)sc2cc(C(=O)NCc4ccccc4)ccc23)cc1. The maximum atomic E-state index is 12.6. The highest BCUT2D eigenvalue weighted by atomic mass is 32.1. The number of fused-ring (bicyclic) bond motifs is 3. The summed E-state index contributed by atoms with van der Waals surface area (Å²) in [5.41, 5.74) is 6.12. The molecule has 0 aliphatic heterocycles. The average molecular weight is 398 g/mol. The number of aromatic nitrogens is 2. The summed E-state index contributed by atoms with van der Waals surface area (Å²) in [7, 11) is 0. The van der Waals surface area contributed by atoms with Crippen LogP contribution in [0.2, 0.25) is 0 Å². The Morgan fingerprint density at radius 3 is 2.62 bits per heavy atom. The first-order chi connectivity index (χ1) is 14.2. The van der Waals surface area contributed by atoms with E-state index in [1.54, 1.807) is 11.3 Å². The van der Waals surface area contributed by atoms with E-state index in [2.05, 4.69) is 47.1 Å². The highest BCUT2D eigenvalue weighted by Crippen LogP contribution is 2.30. The minimum atomic E-state index is -0.0675. The van der Waals surface area contributed by atoms with Crippen LogP contribution in [-0.4, -0.2) is 15.3 Å². The Kier molecular flexibility index (Phi) is 4.37. The molecule has 0 saturated heterocycles. The number of carbonyl (C=O) groups is 1. The smallest absolute Gasteiger partial charge is 0.251 e. The molecule has 1 amide bonds. The van der Waals surface area contributed by atoms with Crippen molar-refractivity contribution < 1.29 is 4.79 Å². The summed E-state index contributed by atoms with van der Waals surface area (Å²) in [6.45, 7) is 2.60. The summed E-state index contributed by atoms with van der Waals surface area (Å²) >= 11 is 1.60. The van der Waals surface area contributed by atoms with Crippen molar-refractivity contribution in [2.24, 2.45) is 0 Å². The lowest BCUT2D eigenvalue weighted by Gasteiger charge is -2.05. The molecule has 2 heterocycles. The standard InChI is InChI=1S/C24H19N3OS/c1-16-7-9-18(10-8-16)20-15-27-21-12-11-19(13-22(21)29-24(27)26-20)23(28)25-14-17-5-3-2-4-6-17/h2-13,15H,14H2,1H3,(H,25,28). The van der Waals surface area contributed by atoms with Crippen LogP contribution >= 0.6 is 11.3 Å². The predicted molar refractivity (Wildman–Crippen MR) is 118 cm³/mol. The number of thiazole rings is 1. The predicted octanol–water partition coefficient (Wildman–Crippen LogP) is 5.45. The molecule has 2 aromatic heterocycles. The Balaban J connectivity index is 1.42. The molecule has 142 valence electrons. The Bertz CT molecular complexity index is 1320. The molecule has 0 aliphatic rings. The number of carbonyl (C=O) groups excluding carboxylic acids is 1. The number of rotatable bonds is 4. The van der Waals surface area contributed by atoms with Gasteiger partial charge in [-0.15, -0.1) is 0 Å². The number of amides is 1. The van der Waals surface area contributed by atoms with Crippen molar-refractivity contribution in [1.82, 2.24) is 14.7 Å². The summed E-state index contributed by atoms with van der Waals surface area (Å²) in [5, 5.41) is 2.99. The van der Waals surface area contributed by atoms with E-state index in [0.29, 0.717) is 12.1 Å². The van der Waals surface area contributed by atoms with Crippen LogP contribution in [0.1, 0.15) is 21.5 Å². The highest BCUT2D eigenvalue weighted by molar-refractivity contribution is 7.23. The number of nitrogens with zero attached hydrogens (tertiary/aromatic N) is 2. The Hall–Kier alpha value is -3.44. The number of hydrogen-bond acceptors (Lipinski definition) is 3. The normalized spacial score (nSPS) is 11.2. The first-order valence-electron chi connectivity index (χ1n) is 9.48. The lowest BCUT2D eigenvalue weighted by Crippen LogP contribution is -2.22. The zero-order chi connectivity index (χ0) is 19.8. The molecule has 1 N–H and O–H groups in total. The maximum absolute atomic E-state index is 12.6. The van der Waals surface area contributed by atoms with Crippen molar-refractivity contribution >= 4 is 32.4 Å². The minimum absolute atomic E-state index is 0.0675. The van der Waals surface area contributed by atoms with Gasteiger partial charge in [0, 0.05) is 23.9 Å². The van der Waals surface area contributed by atoms with Gasteiger partial charge in [0.15, 0.2) is 4.96 Å². The van der Waals surface area contributed by atoms with Crippen molar-refractivity contribution in [2.45, 2.75) is 13.5 Å². The van der Waals surface area contributed by atoms with Crippen molar-refractivity contribution in [3.05, 3.63) is 95.7 Å². The fraction of sp³-hybridized carbons (Fsp3) is 0.0833. The molecule has 0 radical (unpaired) electrons. The Labute approximate surface area is 172 Å². The molecule has 0 unspecified atom stereocenters. The van der Waals surface area contributed by atoms with Gasteiger partial charge in [0.05, 0.1) is 15.9 Å². The molecule has 3 aromatic carbocycles. The summed E-state index contributed by atoms with van der Waals surface area (Å²) in [5.74, 6) is -0.0675. The first kappa shape index (κ1) is 17.6. The topological polar surface area (TPSA) is 46.4 Å². The minimum Gasteiger partial charge on any atom is -0.348 e. The van der Waals surface area contributed by atoms with Gasteiger partial charge >= 0.3 is 0 Å². The molecule has 0 saturated carbocycles. The molecule has 0 atom stereocenters. The van der Waals surface area contributed by atoms with Crippen molar-refractivity contribution in [3.8, 4) is 11.3 Å². The van der Waals surface area contributed by atoms with Gasteiger partial charge in [-0.25, -0.2) is 4.98 Å². The van der Waals surface area contributed by atoms with Gasteiger partial charge in [0.2, 0.25) is 0 Å². The fourth-order valence-electron chi connectivity index (χ4n) is 3.39. The van der Waals surface area contributed by atoms with Crippen LogP contribution in [0.3, 0.4) is 0 Å². The molecular formula is C24H19N3OS. The van der Waals surface area contributed by atoms with Gasteiger partial charge in [-0.3, -0.25) is 9.20 Å². The number of benzene rings is 3. The molecule has 0 bridgehead atoms. The van der Waals surface area contributed by atoms with E-state index in [1.807, 2.05) is 48.5 Å².